The van der Waals surface area contributed by atoms with Crippen molar-refractivity contribution in [2.24, 2.45) is 0 Å². The maximum atomic E-state index is 4.37. The molecular formula is C13H22N4. The highest BCUT2D eigenvalue weighted by molar-refractivity contribution is 5.40. The summed E-state index contributed by atoms with van der Waals surface area (Å²) in [5, 5.41) is 12.1. The van der Waals surface area contributed by atoms with Gasteiger partial charge in [0.1, 0.15) is 0 Å². The molecule has 94 valence electrons. The molecule has 1 fully saturated rings. The van der Waals surface area contributed by atoms with Crippen LogP contribution in [0.1, 0.15) is 33.4 Å². The summed E-state index contributed by atoms with van der Waals surface area (Å²) < 4.78 is 0. The molecule has 1 atom stereocenters. The maximum Gasteiger partial charge on any atom is 0.151 e. The molecule has 17 heavy (non-hydrogen) atoms. The number of nitrogens with one attached hydrogen (secondary N) is 1. The van der Waals surface area contributed by atoms with Crippen LogP contribution in [0.5, 0.6) is 0 Å². The van der Waals surface area contributed by atoms with E-state index >= 15 is 0 Å². The van der Waals surface area contributed by atoms with Gasteiger partial charge in [0, 0.05) is 31.1 Å². The number of piperazine rings is 1. The maximum absolute atomic E-state index is 4.37. The summed E-state index contributed by atoms with van der Waals surface area (Å²) in [5.74, 6) is 0.993. The molecule has 2 rings (SSSR count). The SMILES string of the molecule is C[C@H]1CNCCN1c1ccc(C(C)(C)C)nn1. The summed E-state index contributed by atoms with van der Waals surface area (Å²) in [4.78, 5) is 2.32. The summed E-state index contributed by atoms with van der Waals surface area (Å²) in [6.07, 6.45) is 0. The molecule has 0 aromatic carbocycles. The zero-order valence-electron chi connectivity index (χ0n) is 11.2. The van der Waals surface area contributed by atoms with Crippen LogP contribution in [0.15, 0.2) is 12.1 Å². The average molecular weight is 234 g/mol. The van der Waals surface area contributed by atoms with Crippen molar-refractivity contribution in [3.63, 3.8) is 0 Å². The van der Waals surface area contributed by atoms with Crippen molar-refractivity contribution in [1.82, 2.24) is 15.5 Å². The van der Waals surface area contributed by atoms with Crippen LogP contribution in [0, 0.1) is 0 Å². The molecule has 0 saturated carbocycles. The molecule has 1 saturated heterocycles. The zero-order chi connectivity index (χ0) is 12.5. The van der Waals surface area contributed by atoms with E-state index in [4.69, 9.17) is 0 Å². The van der Waals surface area contributed by atoms with E-state index in [-0.39, 0.29) is 5.41 Å². The summed E-state index contributed by atoms with van der Waals surface area (Å²) in [6, 6.07) is 4.67. The molecule has 1 aromatic heterocycles. The summed E-state index contributed by atoms with van der Waals surface area (Å²) in [6.45, 7) is 11.7. The molecule has 0 bridgehead atoms. The molecule has 4 heteroatoms. The largest absolute Gasteiger partial charge is 0.350 e. The lowest BCUT2D eigenvalue weighted by Crippen LogP contribution is -2.50. The van der Waals surface area contributed by atoms with Crippen LogP contribution in [0.3, 0.4) is 0 Å². The molecule has 1 aromatic rings. The normalized spacial score (nSPS) is 21.6. The highest BCUT2D eigenvalue weighted by Crippen LogP contribution is 2.21. The van der Waals surface area contributed by atoms with E-state index in [9.17, 15) is 0 Å². The monoisotopic (exact) mass is 234 g/mol. The smallest absolute Gasteiger partial charge is 0.151 e. The second-order valence-electron chi connectivity index (χ2n) is 5.77. The van der Waals surface area contributed by atoms with Gasteiger partial charge in [0.25, 0.3) is 0 Å². The van der Waals surface area contributed by atoms with Gasteiger partial charge in [-0.3, -0.25) is 0 Å². The van der Waals surface area contributed by atoms with Crippen LogP contribution in [0.2, 0.25) is 0 Å². The Morgan fingerprint density at radius 1 is 1.29 bits per heavy atom. The van der Waals surface area contributed by atoms with E-state index < -0.39 is 0 Å². The second kappa shape index (κ2) is 4.61. The van der Waals surface area contributed by atoms with Crippen molar-refractivity contribution >= 4 is 5.82 Å². The molecule has 0 spiro atoms. The Morgan fingerprint density at radius 2 is 2.06 bits per heavy atom. The Labute approximate surface area is 103 Å². The van der Waals surface area contributed by atoms with Crippen molar-refractivity contribution in [1.29, 1.82) is 0 Å². The minimum absolute atomic E-state index is 0.0700. The minimum Gasteiger partial charge on any atom is -0.350 e. The standard InChI is InChI=1S/C13H22N4/c1-10-9-14-7-8-17(10)12-6-5-11(15-16-12)13(2,3)4/h5-6,10,14H,7-9H2,1-4H3/t10-/m0/s1. The van der Waals surface area contributed by atoms with E-state index in [2.05, 4.69) is 60.2 Å². The van der Waals surface area contributed by atoms with E-state index in [1.165, 1.54) is 0 Å². The molecule has 1 aliphatic heterocycles. The third-order valence-electron chi connectivity index (χ3n) is 3.21. The van der Waals surface area contributed by atoms with Gasteiger partial charge in [-0.05, 0) is 19.1 Å². The van der Waals surface area contributed by atoms with Gasteiger partial charge in [-0.15, -0.1) is 5.10 Å². The van der Waals surface area contributed by atoms with Crippen LogP contribution in [-0.4, -0.2) is 35.9 Å². The third-order valence-corrected chi connectivity index (χ3v) is 3.21. The fraction of sp³-hybridized carbons (Fsp3) is 0.692. The van der Waals surface area contributed by atoms with Crippen LogP contribution in [0.4, 0.5) is 5.82 Å². The van der Waals surface area contributed by atoms with Crippen molar-refractivity contribution in [2.75, 3.05) is 24.5 Å². The van der Waals surface area contributed by atoms with Gasteiger partial charge in [-0.25, -0.2) is 0 Å². The number of nitrogens with zero attached hydrogens (tertiary/aromatic N) is 3. The Bertz CT molecular complexity index is 366. The van der Waals surface area contributed by atoms with Crippen LogP contribution >= 0.6 is 0 Å². The first kappa shape index (κ1) is 12.3. The zero-order valence-corrected chi connectivity index (χ0v) is 11.2. The van der Waals surface area contributed by atoms with Crippen molar-refractivity contribution in [2.45, 2.75) is 39.2 Å². The summed E-state index contributed by atoms with van der Waals surface area (Å²) in [7, 11) is 0. The Kier molecular flexibility index (Phi) is 3.33. The first-order valence-electron chi connectivity index (χ1n) is 6.30. The Hall–Kier alpha value is -1.16. The average Bonchev–Trinajstić information content (AvgIpc) is 2.29. The van der Waals surface area contributed by atoms with Crippen molar-refractivity contribution in [3.8, 4) is 0 Å². The predicted molar refractivity (Wildman–Crippen MR) is 70.4 cm³/mol. The topological polar surface area (TPSA) is 41.0 Å². The first-order valence-corrected chi connectivity index (χ1v) is 6.30. The number of aromatic nitrogens is 2. The Balaban J connectivity index is 2.17. The quantitative estimate of drug-likeness (QED) is 0.801. The highest BCUT2D eigenvalue weighted by Gasteiger charge is 2.21. The second-order valence-corrected chi connectivity index (χ2v) is 5.77. The third kappa shape index (κ3) is 2.75. The van der Waals surface area contributed by atoms with Gasteiger partial charge >= 0.3 is 0 Å². The van der Waals surface area contributed by atoms with E-state index in [1.807, 2.05) is 0 Å². The first-order chi connectivity index (χ1) is 7.98. The molecule has 1 N–H and O–H groups in total. The van der Waals surface area contributed by atoms with Crippen molar-refractivity contribution in [3.05, 3.63) is 17.8 Å². The number of hydrogen-bond acceptors (Lipinski definition) is 4. The number of hydrogen-bond donors (Lipinski definition) is 1. The van der Waals surface area contributed by atoms with Gasteiger partial charge in [-0.1, -0.05) is 20.8 Å². The lowest BCUT2D eigenvalue weighted by atomic mass is 9.92. The summed E-state index contributed by atoms with van der Waals surface area (Å²) >= 11 is 0. The van der Waals surface area contributed by atoms with E-state index in [0.29, 0.717) is 6.04 Å². The minimum atomic E-state index is 0.0700. The fourth-order valence-electron chi connectivity index (χ4n) is 2.06. The van der Waals surface area contributed by atoms with Gasteiger partial charge in [-0.2, -0.15) is 5.10 Å². The van der Waals surface area contributed by atoms with Gasteiger partial charge in [0.05, 0.1) is 5.69 Å². The fourth-order valence-corrected chi connectivity index (χ4v) is 2.06. The molecule has 4 nitrogen and oxygen atoms in total. The molecular weight excluding hydrogens is 212 g/mol. The predicted octanol–water partition coefficient (Wildman–Crippen LogP) is 1.57. The molecule has 1 aliphatic rings. The molecule has 2 heterocycles. The van der Waals surface area contributed by atoms with Gasteiger partial charge in [0.2, 0.25) is 0 Å². The van der Waals surface area contributed by atoms with Crippen molar-refractivity contribution < 1.29 is 0 Å². The molecule has 0 unspecified atom stereocenters. The highest BCUT2D eigenvalue weighted by atomic mass is 15.3. The van der Waals surface area contributed by atoms with Crippen LogP contribution in [-0.2, 0) is 5.41 Å². The number of rotatable bonds is 1. The van der Waals surface area contributed by atoms with Gasteiger partial charge < -0.3 is 10.2 Å². The van der Waals surface area contributed by atoms with E-state index in [1.54, 1.807) is 0 Å². The summed E-state index contributed by atoms with van der Waals surface area (Å²) in [5.41, 5.74) is 1.12. The molecule has 0 radical (unpaired) electrons. The van der Waals surface area contributed by atoms with Crippen LogP contribution in [0.25, 0.3) is 0 Å². The number of anilines is 1. The lowest BCUT2D eigenvalue weighted by molar-refractivity contribution is 0.493. The van der Waals surface area contributed by atoms with Crippen LogP contribution < -0.4 is 10.2 Å². The lowest BCUT2D eigenvalue weighted by Gasteiger charge is -2.34. The van der Waals surface area contributed by atoms with Gasteiger partial charge in [0.15, 0.2) is 5.82 Å². The molecule has 0 aliphatic carbocycles. The molecule has 0 amide bonds. The van der Waals surface area contributed by atoms with E-state index in [0.717, 1.165) is 31.1 Å². The Morgan fingerprint density at radius 3 is 2.59 bits per heavy atom.